The third kappa shape index (κ3) is 4.83. The number of carbonyl (C=O) groups is 1. The summed E-state index contributed by atoms with van der Waals surface area (Å²) < 4.78 is 1.92. The van der Waals surface area contributed by atoms with Gasteiger partial charge in [0.05, 0.1) is 6.04 Å². The van der Waals surface area contributed by atoms with E-state index in [-0.39, 0.29) is 18.3 Å². The zero-order chi connectivity index (χ0) is 16.9. The summed E-state index contributed by atoms with van der Waals surface area (Å²) in [6, 6.07) is 8.46. The summed E-state index contributed by atoms with van der Waals surface area (Å²) in [6.07, 6.45) is 5.03. The molecule has 1 unspecified atom stereocenters. The van der Waals surface area contributed by atoms with Gasteiger partial charge in [-0.25, -0.2) is 0 Å². The maximum absolute atomic E-state index is 12.3. The maximum atomic E-state index is 12.3. The molecule has 0 bridgehead atoms. The first-order valence-electron chi connectivity index (χ1n) is 8.74. The van der Waals surface area contributed by atoms with Gasteiger partial charge < -0.3 is 10.6 Å². The van der Waals surface area contributed by atoms with E-state index in [4.69, 9.17) is 0 Å². The van der Waals surface area contributed by atoms with Crippen LogP contribution in [-0.2, 0) is 6.42 Å². The Kier molecular flexibility index (Phi) is 7.02. The Labute approximate surface area is 155 Å². The fourth-order valence-electron chi connectivity index (χ4n) is 3.36. The Morgan fingerprint density at radius 3 is 2.76 bits per heavy atom. The zero-order valence-electron chi connectivity index (χ0n) is 14.9. The molecule has 2 heterocycles. The SMILES string of the molecule is Cc1cccc(C)c1CCNC(=O)c1ccn(C2CCCNC2)n1.Cl. The first kappa shape index (κ1) is 19.5. The minimum atomic E-state index is -0.0937. The average Bonchev–Trinajstić information content (AvgIpc) is 3.08. The van der Waals surface area contributed by atoms with Crippen LogP contribution in [0.2, 0.25) is 0 Å². The smallest absolute Gasteiger partial charge is 0.271 e. The van der Waals surface area contributed by atoms with Gasteiger partial charge in [0.2, 0.25) is 0 Å². The molecule has 1 fully saturated rings. The third-order valence-electron chi connectivity index (χ3n) is 4.79. The molecule has 136 valence electrons. The van der Waals surface area contributed by atoms with E-state index in [0.717, 1.165) is 32.4 Å². The Morgan fingerprint density at radius 1 is 1.32 bits per heavy atom. The van der Waals surface area contributed by atoms with E-state index >= 15 is 0 Å². The topological polar surface area (TPSA) is 59.0 Å². The van der Waals surface area contributed by atoms with Crippen molar-refractivity contribution in [3.05, 3.63) is 52.8 Å². The first-order chi connectivity index (χ1) is 11.6. The number of aromatic nitrogens is 2. The average molecular weight is 363 g/mol. The second kappa shape index (κ2) is 9.02. The van der Waals surface area contributed by atoms with Crippen LogP contribution in [-0.4, -0.2) is 35.3 Å². The van der Waals surface area contributed by atoms with E-state index in [1.807, 2.05) is 16.9 Å². The summed E-state index contributed by atoms with van der Waals surface area (Å²) in [5.41, 5.74) is 4.37. The van der Waals surface area contributed by atoms with E-state index in [0.29, 0.717) is 18.3 Å². The molecule has 1 aromatic carbocycles. The van der Waals surface area contributed by atoms with Gasteiger partial charge in [-0.1, -0.05) is 18.2 Å². The molecule has 1 aromatic heterocycles. The molecular formula is C19H27ClN4O. The van der Waals surface area contributed by atoms with E-state index in [9.17, 15) is 4.79 Å². The molecule has 6 heteroatoms. The van der Waals surface area contributed by atoms with Gasteiger partial charge in [-0.2, -0.15) is 5.10 Å². The minimum Gasteiger partial charge on any atom is -0.350 e. The van der Waals surface area contributed by atoms with Crippen LogP contribution < -0.4 is 10.6 Å². The first-order valence-corrected chi connectivity index (χ1v) is 8.74. The van der Waals surface area contributed by atoms with Gasteiger partial charge in [-0.05, 0) is 62.4 Å². The highest BCUT2D eigenvalue weighted by Gasteiger charge is 2.17. The number of amides is 1. The minimum absolute atomic E-state index is 0. The van der Waals surface area contributed by atoms with E-state index in [1.165, 1.54) is 16.7 Å². The van der Waals surface area contributed by atoms with Crippen molar-refractivity contribution in [2.45, 2.75) is 39.2 Å². The Balaban J connectivity index is 0.00000225. The molecule has 2 N–H and O–H groups in total. The van der Waals surface area contributed by atoms with Crippen molar-refractivity contribution in [3.8, 4) is 0 Å². The molecule has 0 radical (unpaired) electrons. The van der Waals surface area contributed by atoms with Crippen molar-refractivity contribution in [2.75, 3.05) is 19.6 Å². The monoisotopic (exact) mass is 362 g/mol. The summed E-state index contributed by atoms with van der Waals surface area (Å²) in [7, 11) is 0. The van der Waals surface area contributed by atoms with Crippen LogP contribution in [0.3, 0.4) is 0 Å². The lowest BCUT2D eigenvalue weighted by atomic mass is 10.0. The van der Waals surface area contributed by atoms with Crippen LogP contribution in [0, 0.1) is 13.8 Å². The summed E-state index contributed by atoms with van der Waals surface area (Å²) in [5, 5.41) is 10.8. The van der Waals surface area contributed by atoms with Gasteiger partial charge in [0.25, 0.3) is 5.91 Å². The van der Waals surface area contributed by atoms with Gasteiger partial charge in [-0.3, -0.25) is 9.48 Å². The zero-order valence-corrected chi connectivity index (χ0v) is 15.7. The maximum Gasteiger partial charge on any atom is 0.271 e. The van der Waals surface area contributed by atoms with Gasteiger partial charge in [0.1, 0.15) is 5.69 Å². The fourth-order valence-corrected chi connectivity index (χ4v) is 3.36. The number of hydrogen-bond acceptors (Lipinski definition) is 3. The van der Waals surface area contributed by atoms with Crippen LogP contribution in [0.15, 0.2) is 30.5 Å². The molecule has 0 saturated carbocycles. The molecule has 1 saturated heterocycles. The molecule has 0 aliphatic carbocycles. The standard InChI is InChI=1S/C19H26N4O.ClH/c1-14-5-3-6-15(2)17(14)8-11-21-19(24)18-9-12-23(22-18)16-7-4-10-20-13-16;/h3,5-6,9,12,16,20H,4,7-8,10-11,13H2,1-2H3,(H,21,24);1H. The molecule has 1 aliphatic heterocycles. The van der Waals surface area contributed by atoms with Crippen LogP contribution in [0.5, 0.6) is 0 Å². The van der Waals surface area contributed by atoms with Gasteiger partial charge in [0.15, 0.2) is 0 Å². The molecule has 1 aliphatic rings. The highest BCUT2D eigenvalue weighted by atomic mass is 35.5. The summed E-state index contributed by atoms with van der Waals surface area (Å²) in [5.74, 6) is -0.0937. The number of halogens is 1. The number of carbonyl (C=O) groups excluding carboxylic acids is 1. The van der Waals surface area contributed by atoms with Crippen LogP contribution >= 0.6 is 12.4 Å². The summed E-state index contributed by atoms with van der Waals surface area (Å²) >= 11 is 0. The number of piperidine rings is 1. The van der Waals surface area contributed by atoms with Crippen LogP contribution in [0.1, 0.15) is 46.1 Å². The number of benzene rings is 1. The Bertz CT molecular complexity index is 687. The quantitative estimate of drug-likeness (QED) is 0.859. The normalized spacial score (nSPS) is 17.0. The van der Waals surface area contributed by atoms with Crippen LogP contribution in [0.4, 0.5) is 0 Å². The van der Waals surface area contributed by atoms with Crippen molar-refractivity contribution in [3.63, 3.8) is 0 Å². The third-order valence-corrected chi connectivity index (χ3v) is 4.79. The number of rotatable bonds is 5. The van der Waals surface area contributed by atoms with Crippen molar-refractivity contribution >= 4 is 18.3 Å². The number of hydrogen-bond donors (Lipinski definition) is 2. The summed E-state index contributed by atoms with van der Waals surface area (Å²) in [6.45, 7) is 6.86. The number of nitrogens with zero attached hydrogens (tertiary/aromatic N) is 2. The summed E-state index contributed by atoms with van der Waals surface area (Å²) in [4.78, 5) is 12.3. The predicted octanol–water partition coefficient (Wildman–Crippen LogP) is 2.82. The number of nitrogens with one attached hydrogen (secondary N) is 2. The molecule has 25 heavy (non-hydrogen) atoms. The number of aryl methyl sites for hydroxylation is 2. The second-order valence-corrected chi connectivity index (χ2v) is 6.56. The molecule has 2 aromatic rings. The lowest BCUT2D eigenvalue weighted by Crippen LogP contribution is -2.32. The molecule has 3 rings (SSSR count). The molecule has 0 spiro atoms. The van der Waals surface area contributed by atoms with Crippen molar-refractivity contribution in [1.29, 1.82) is 0 Å². The molecule has 5 nitrogen and oxygen atoms in total. The van der Waals surface area contributed by atoms with E-state index < -0.39 is 0 Å². The molecular weight excluding hydrogens is 336 g/mol. The van der Waals surface area contributed by atoms with Crippen LogP contribution in [0.25, 0.3) is 0 Å². The lowest BCUT2D eigenvalue weighted by Gasteiger charge is -2.22. The van der Waals surface area contributed by atoms with E-state index in [1.54, 1.807) is 0 Å². The second-order valence-electron chi connectivity index (χ2n) is 6.56. The largest absolute Gasteiger partial charge is 0.350 e. The van der Waals surface area contributed by atoms with Crippen molar-refractivity contribution in [2.24, 2.45) is 0 Å². The highest BCUT2D eigenvalue weighted by molar-refractivity contribution is 5.92. The van der Waals surface area contributed by atoms with Crippen molar-refractivity contribution in [1.82, 2.24) is 20.4 Å². The lowest BCUT2D eigenvalue weighted by molar-refractivity contribution is 0.0947. The van der Waals surface area contributed by atoms with Gasteiger partial charge >= 0.3 is 0 Å². The highest BCUT2D eigenvalue weighted by Crippen LogP contribution is 2.16. The Morgan fingerprint density at radius 2 is 2.08 bits per heavy atom. The molecule has 1 amide bonds. The predicted molar refractivity (Wildman–Crippen MR) is 103 cm³/mol. The fraction of sp³-hybridized carbons (Fsp3) is 0.474. The Hall–Kier alpha value is -1.85. The molecule has 1 atom stereocenters. The van der Waals surface area contributed by atoms with Gasteiger partial charge in [-0.15, -0.1) is 12.4 Å². The van der Waals surface area contributed by atoms with Crippen molar-refractivity contribution < 1.29 is 4.79 Å². The van der Waals surface area contributed by atoms with E-state index in [2.05, 4.69) is 47.8 Å². The van der Waals surface area contributed by atoms with Gasteiger partial charge in [0, 0.05) is 19.3 Å².